The zero-order valence-electron chi connectivity index (χ0n) is 16.4. The second kappa shape index (κ2) is 10.5. The van der Waals surface area contributed by atoms with Crippen LogP contribution in [0.25, 0.3) is 0 Å². The van der Waals surface area contributed by atoms with Gasteiger partial charge in [-0.25, -0.2) is 13.9 Å². The van der Waals surface area contributed by atoms with E-state index >= 15 is 0 Å². The third-order valence-corrected chi connectivity index (χ3v) is 6.23. The summed E-state index contributed by atoms with van der Waals surface area (Å²) in [5.74, 6) is 1.33. The van der Waals surface area contributed by atoms with E-state index in [1.54, 1.807) is 24.8 Å². The minimum Gasteiger partial charge on any atom is -0.460 e. The zero-order chi connectivity index (χ0) is 19.1. The molecule has 1 saturated carbocycles. The second-order valence-corrected chi connectivity index (χ2v) is 8.88. The molecule has 8 heteroatoms. The average molecular weight is 397 g/mol. The molecule has 3 rings (SSSR count). The molecule has 152 valence electrons. The van der Waals surface area contributed by atoms with Gasteiger partial charge >= 0.3 is 0 Å². The van der Waals surface area contributed by atoms with Gasteiger partial charge in [0, 0.05) is 31.2 Å². The lowest BCUT2D eigenvalue weighted by atomic mass is 9.89. The van der Waals surface area contributed by atoms with Crippen LogP contribution in [0.15, 0.2) is 18.6 Å². The van der Waals surface area contributed by atoms with E-state index in [4.69, 9.17) is 9.47 Å². The normalized spacial score (nSPS) is 30.7. The zero-order valence-corrected chi connectivity index (χ0v) is 17.2. The van der Waals surface area contributed by atoms with Gasteiger partial charge in [-0.1, -0.05) is 6.92 Å². The van der Waals surface area contributed by atoms with Crippen LogP contribution in [-0.4, -0.2) is 63.4 Å². The predicted octanol–water partition coefficient (Wildman–Crippen LogP) is 2.12. The van der Waals surface area contributed by atoms with Gasteiger partial charge in [-0.15, -0.1) is 0 Å². The summed E-state index contributed by atoms with van der Waals surface area (Å²) >= 11 is 0. The molecule has 1 N–H and O–H groups in total. The summed E-state index contributed by atoms with van der Waals surface area (Å²) in [5, 5.41) is 0. The largest absolute Gasteiger partial charge is 0.460 e. The Hall–Kier alpha value is -1.09. The number of nitrogens with zero attached hydrogens (tertiary/aromatic N) is 3. The van der Waals surface area contributed by atoms with Gasteiger partial charge in [0.05, 0.1) is 35.9 Å². The minimum absolute atomic E-state index is 0.137. The Labute approximate surface area is 164 Å². The van der Waals surface area contributed by atoms with Crippen LogP contribution in [0, 0.1) is 5.92 Å². The monoisotopic (exact) mass is 396 g/mol. The molecule has 0 bridgehead atoms. The molecule has 2 heterocycles. The lowest BCUT2D eigenvalue weighted by molar-refractivity contribution is -0.0471. The van der Waals surface area contributed by atoms with Crippen molar-refractivity contribution in [2.24, 2.45) is 5.92 Å². The molecule has 0 radical (unpaired) electrons. The van der Waals surface area contributed by atoms with Crippen LogP contribution in [0.1, 0.15) is 45.4 Å². The molecule has 7 nitrogen and oxygen atoms in total. The number of ether oxygens (including phenoxy) is 2. The number of nitrogens with one attached hydrogen (secondary N) is 1. The molecule has 0 spiro atoms. The molecular formula is C19H32N4O3S. The van der Waals surface area contributed by atoms with E-state index in [0.29, 0.717) is 25.3 Å². The van der Waals surface area contributed by atoms with Crippen LogP contribution < -0.4 is 9.46 Å². The number of hydrogen-bond donors (Lipinski definition) is 1. The van der Waals surface area contributed by atoms with E-state index in [1.165, 1.54) is 12.8 Å². The minimum atomic E-state index is -1.05. The summed E-state index contributed by atoms with van der Waals surface area (Å²) in [7, 11) is -1.05. The molecule has 27 heavy (non-hydrogen) atoms. The highest BCUT2D eigenvalue weighted by Gasteiger charge is 2.33. The highest BCUT2D eigenvalue weighted by atomic mass is 32.2. The number of aromatic nitrogens is 2. The summed E-state index contributed by atoms with van der Waals surface area (Å²) < 4.78 is 27.1. The predicted molar refractivity (Wildman–Crippen MR) is 106 cm³/mol. The highest BCUT2D eigenvalue weighted by molar-refractivity contribution is 7.82. The molecule has 1 aliphatic carbocycles. The van der Waals surface area contributed by atoms with Gasteiger partial charge in [-0.2, -0.15) is 0 Å². The van der Waals surface area contributed by atoms with E-state index in [9.17, 15) is 4.21 Å². The summed E-state index contributed by atoms with van der Waals surface area (Å²) in [6.45, 7) is 4.32. The molecule has 3 unspecified atom stereocenters. The maximum absolute atomic E-state index is 11.8. The standard InChI is InChI=1S/C19H32N4O3S/c1-15-5-7-16(8-6-15)25-13-18-17(22-27(2)24)4-3-11-23(18)14-26-19-12-20-9-10-21-19/h9-10,12,15-18,22H,3-8,11,13-14H2,1-2H3. The van der Waals surface area contributed by atoms with Gasteiger partial charge in [0.25, 0.3) is 0 Å². The maximum atomic E-state index is 11.8. The first-order chi connectivity index (χ1) is 13.1. The van der Waals surface area contributed by atoms with Crippen molar-refractivity contribution < 1.29 is 13.7 Å². The first kappa shape index (κ1) is 20.6. The number of likely N-dealkylation sites (tertiary alicyclic amines) is 1. The van der Waals surface area contributed by atoms with Crippen molar-refractivity contribution >= 4 is 11.0 Å². The van der Waals surface area contributed by atoms with E-state index in [-0.39, 0.29) is 12.1 Å². The first-order valence-corrected chi connectivity index (χ1v) is 11.5. The first-order valence-electron chi connectivity index (χ1n) is 9.96. The van der Waals surface area contributed by atoms with Crippen molar-refractivity contribution in [3.05, 3.63) is 18.6 Å². The molecule has 0 amide bonds. The quantitative estimate of drug-likeness (QED) is 0.725. The molecule has 0 aromatic carbocycles. The van der Waals surface area contributed by atoms with Gasteiger partial charge in [0.2, 0.25) is 5.88 Å². The molecule has 1 saturated heterocycles. The Morgan fingerprint density at radius 2 is 2.07 bits per heavy atom. The number of piperidine rings is 1. The SMILES string of the molecule is CC1CCC(OCC2C(NS(C)=O)CCCN2COc2cnccn2)CC1. The van der Waals surface area contributed by atoms with Crippen molar-refractivity contribution in [2.45, 2.75) is 63.6 Å². The number of hydrogen-bond acceptors (Lipinski definition) is 6. The molecule has 1 aromatic heterocycles. The molecular weight excluding hydrogens is 364 g/mol. The Bertz CT molecular complexity index is 584. The van der Waals surface area contributed by atoms with Crippen molar-refractivity contribution in [2.75, 3.05) is 26.1 Å². The number of rotatable bonds is 8. The average Bonchev–Trinajstić information content (AvgIpc) is 2.67. The Balaban J connectivity index is 1.59. The lowest BCUT2D eigenvalue weighted by Crippen LogP contribution is -2.57. The Kier molecular flexibility index (Phi) is 7.99. The van der Waals surface area contributed by atoms with Crippen LogP contribution in [0.4, 0.5) is 0 Å². The topological polar surface area (TPSA) is 76.6 Å². The summed E-state index contributed by atoms with van der Waals surface area (Å²) in [6, 6.07) is 0.274. The molecule has 2 fully saturated rings. The summed E-state index contributed by atoms with van der Waals surface area (Å²) in [4.78, 5) is 10.5. The summed E-state index contributed by atoms with van der Waals surface area (Å²) in [6.07, 6.45) is 13.7. The van der Waals surface area contributed by atoms with Gasteiger partial charge in [0.1, 0.15) is 6.73 Å². The molecule has 3 atom stereocenters. The second-order valence-electron chi connectivity index (χ2n) is 7.73. The van der Waals surface area contributed by atoms with Crippen LogP contribution in [0.5, 0.6) is 5.88 Å². The highest BCUT2D eigenvalue weighted by Crippen LogP contribution is 2.27. The summed E-state index contributed by atoms with van der Waals surface area (Å²) in [5.41, 5.74) is 0. The Morgan fingerprint density at radius 3 is 2.78 bits per heavy atom. The van der Waals surface area contributed by atoms with E-state index < -0.39 is 11.0 Å². The molecule has 2 aliphatic rings. The van der Waals surface area contributed by atoms with Gasteiger partial charge < -0.3 is 9.47 Å². The fourth-order valence-electron chi connectivity index (χ4n) is 4.00. The lowest BCUT2D eigenvalue weighted by Gasteiger charge is -2.41. The third-order valence-electron chi connectivity index (χ3n) is 5.59. The fraction of sp³-hybridized carbons (Fsp3) is 0.789. The van der Waals surface area contributed by atoms with Crippen molar-refractivity contribution in [1.29, 1.82) is 0 Å². The van der Waals surface area contributed by atoms with Crippen LogP contribution >= 0.6 is 0 Å². The molecule has 1 aliphatic heterocycles. The van der Waals surface area contributed by atoms with E-state index in [0.717, 1.165) is 38.1 Å². The van der Waals surface area contributed by atoms with Crippen LogP contribution in [-0.2, 0) is 15.7 Å². The molecule has 1 aromatic rings. The Morgan fingerprint density at radius 1 is 1.26 bits per heavy atom. The van der Waals surface area contributed by atoms with Crippen molar-refractivity contribution in [1.82, 2.24) is 19.6 Å². The van der Waals surface area contributed by atoms with E-state index in [1.807, 2.05) is 0 Å². The van der Waals surface area contributed by atoms with Gasteiger partial charge in [-0.3, -0.25) is 9.88 Å². The fourth-order valence-corrected chi connectivity index (χ4v) is 4.70. The van der Waals surface area contributed by atoms with Crippen LogP contribution in [0.3, 0.4) is 0 Å². The van der Waals surface area contributed by atoms with Gasteiger partial charge in [-0.05, 0) is 44.4 Å². The smallest absolute Gasteiger partial charge is 0.233 e. The third kappa shape index (κ3) is 6.48. The van der Waals surface area contributed by atoms with Crippen molar-refractivity contribution in [3.8, 4) is 5.88 Å². The van der Waals surface area contributed by atoms with E-state index in [2.05, 4.69) is 26.5 Å². The van der Waals surface area contributed by atoms with Gasteiger partial charge in [0.15, 0.2) is 0 Å². The van der Waals surface area contributed by atoms with Crippen molar-refractivity contribution in [3.63, 3.8) is 0 Å². The maximum Gasteiger partial charge on any atom is 0.233 e. The van der Waals surface area contributed by atoms with Crippen LogP contribution in [0.2, 0.25) is 0 Å².